The monoisotopic (exact) mass is 1800 g/mol. The normalized spacial score (nSPS) is 20.5. The van der Waals surface area contributed by atoms with Gasteiger partial charge in [-0.1, -0.05) is 421 Å². The Morgan fingerprint density at radius 3 is 1.01 bits per heavy atom. The Hall–Kier alpha value is -3.28. The van der Waals surface area contributed by atoms with Crippen LogP contribution in [0.1, 0.15) is 504 Å². The van der Waals surface area contributed by atoms with Crippen LogP contribution in [0.25, 0.3) is 0 Å². The molecule has 0 spiro atoms. The molecule has 8 N–H and O–H groups in total. The minimum absolute atomic E-state index is 0.173. The number of hydrogen-bond donors (Lipinski definition) is 8. The number of hydrogen-bond acceptors (Lipinski definition) is 19. The van der Waals surface area contributed by atoms with Gasteiger partial charge in [-0.3, -0.25) is 33.1 Å². The first-order chi connectivity index (χ1) is 60.6. The van der Waals surface area contributed by atoms with E-state index in [1.807, 2.05) is 0 Å². The largest absolute Gasteiger partial charge is 0.495 e. The van der Waals surface area contributed by atoms with Crippen LogP contribution in [0.2, 0.25) is 0 Å². The van der Waals surface area contributed by atoms with Gasteiger partial charge in [-0.25, -0.2) is 0 Å². The number of carbonyl (C=O) groups is 5. The Morgan fingerprint density at radius 2 is 0.648 bits per heavy atom. The summed E-state index contributed by atoms with van der Waals surface area (Å²) in [6.45, 7) is 16.9. The summed E-state index contributed by atoms with van der Waals surface area (Å²) in [6.07, 6.45) is 51.3. The van der Waals surface area contributed by atoms with Gasteiger partial charge in [0.2, 0.25) is 11.8 Å². The van der Waals surface area contributed by atoms with E-state index >= 15 is 0 Å². The molecule has 10 unspecified atom stereocenters. The molecule has 2 saturated heterocycles. The average molecular weight is 1800 g/mol. The third-order valence-corrected chi connectivity index (χ3v) is 25.9. The van der Waals surface area contributed by atoms with Crippen LogP contribution >= 0.6 is 7.60 Å². The van der Waals surface area contributed by atoms with Crippen molar-refractivity contribution in [3.63, 3.8) is 0 Å². The number of carbonyl (C=O) groups excluding carboxylic acids is 5. The molecule has 0 aromatic rings. The molecule has 2 rings (SSSR count). The predicted molar refractivity (Wildman–Crippen MR) is 505 cm³/mol. The lowest BCUT2D eigenvalue weighted by atomic mass is 9.95. The summed E-state index contributed by atoms with van der Waals surface area (Å²) >= 11 is 0. The van der Waals surface area contributed by atoms with E-state index in [1.54, 1.807) is 0 Å². The second-order valence-corrected chi connectivity index (χ2v) is 39.4. The fourth-order valence-electron chi connectivity index (χ4n) is 17.5. The quantitative estimate of drug-likeness (QED) is 0.00922. The lowest BCUT2D eigenvalue weighted by molar-refractivity contribution is -0.297. The maximum Gasteiger partial charge on any atom is 0.327 e. The van der Waals surface area contributed by atoms with E-state index in [2.05, 4.69) is 58.8 Å². The topological polar surface area (TPSA) is 322 Å². The molecule has 2 aliphatic heterocycles. The number of allylic oxidation sites excluding steroid dienone is 1. The Balaban J connectivity index is 2.65. The van der Waals surface area contributed by atoms with Gasteiger partial charge in [-0.05, 0) is 51.4 Å². The van der Waals surface area contributed by atoms with Crippen LogP contribution in [-0.4, -0.2) is 166 Å². The number of amides is 2. The van der Waals surface area contributed by atoms with E-state index in [4.69, 9.17) is 37.7 Å². The molecule has 23 heteroatoms. The Bertz CT molecular complexity index is 2620. The van der Waals surface area contributed by atoms with Gasteiger partial charge in [0.15, 0.2) is 24.8 Å². The van der Waals surface area contributed by atoms with Crippen LogP contribution in [0.15, 0.2) is 12.3 Å². The Kier molecular flexibility index (Phi) is 75.7. The summed E-state index contributed by atoms with van der Waals surface area (Å²) < 4.78 is 63.7. The van der Waals surface area contributed by atoms with Gasteiger partial charge in [-0.2, -0.15) is 0 Å². The van der Waals surface area contributed by atoms with Gasteiger partial charge in [0.25, 0.3) is 0 Å². The molecular formula is C102H193N2O20P. The van der Waals surface area contributed by atoms with Crippen molar-refractivity contribution in [2.75, 3.05) is 19.9 Å². The highest BCUT2D eigenvalue weighted by atomic mass is 31.2. The second kappa shape index (κ2) is 80.4. The molecule has 2 aliphatic rings. The number of rotatable bonds is 89. The van der Waals surface area contributed by atoms with Crippen molar-refractivity contribution < 1.29 is 96.6 Å². The molecule has 15 atom stereocenters. The van der Waals surface area contributed by atoms with Gasteiger partial charge in [0.05, 0.1) is 56.9 Å². The molecule has 2 amide bonds. The van der Waals surface area contributed by atoms with Crippen molar-refractivity contribution in [1.82, 2.24) is 10.6 Å². The minimum Gasteiger partial charge on any atom is -0.495 e. The third kappa shape index (κ3) is 64.3. The number of ether oxygens (including phenoxy) is 7. The number of unbranched alkanes of at least 4 members (excludes halogenated alkanes) is 56. The first-order valence-electron chi connectivity index (χ1n) is 52.4. The van der Waals surface area contributed by atoms with Gasteiger partial charge in [-0.15, -0.1) is 0 Å². The minimum atomic E-state index is -4.61. The van der Waals surface area contributed by atoms with Crippen molar-refractivity contribution in [3.05, 3.63) is 12.3 Å². The molecule has 0 aromatic heterocycles. The van der Waals surface area contributed by atoms with Crippen LogP contribution in [0.4, 0.5) is 0 Å². The summed E-state index contributed by atoms with van der Waals surface area (Å²) in [5.74, 6) is -3.10. The first kappa shape index (κ1) is 118. The van der Waals surface area contributed by atoms with Crippen molar-refractivity contribution in [2.24, 2.45) is 0 Å². The molecule has 0 radical (unpaired) electrons. The zero-order valence-corrected chi connectivity index (χ0v) is 81.9. The maximum atomic E-state index is 14.9. The van der Waals surface area contributed by atoms with E-state index in [0.717, 1.165) is 174 Å². The summed E-state index contributed by atoms with van der Waals surface area (Å²) in [5.41, 5.74) is 0. The number of esters is 3. The van der Waals surface area contributed by atoms with E-state index in [9.17, 15) is 59.0 Å². The standard InChI is InChI=1S/C102H193N2O20P/c1-9-15-21-27-33-39-41-43-45-51-53-59-65-71-83(7)118-86(74-68-62-56-49-37-31-25-19-13-5)79-91(109)104-96-100(122-93(111)78-85(107)73-67-61-55-48-36-30-24-18-12-4)98(114)89(121-102(96)124-125(8,115)116)82-117-101-95(103-90(108)77-84(106)72-66-60-54-47-35-29-23-17-11-3)99(97(113)88(81-105)120-101)123-94(112)80-87(75-69-63-57-50-38-32-26-20-14-6)119-92(110)76-70-64-58-52-46-44-42-40-34-28-22-16-10-2/h84-89,95-102,105-107,113-114H,7,9-82H2,1-6,8H3,(H,103,108)(H,104,109)(H,115,116)/t84?,85?,86?,87?,88?,89?,95?,96?,97-,98-,99-,100-,101-,102?/m1/s1. The van der Waals surface area contributed by atoms with Gasteiger partial charge in [0, 0.05) is 19.5 Å². The van der Waals surface area contributed by atoms with Crippen molar-refractivity contribution in [2.45, 2.75) is 590 Å². The number of nitrogens with one attached hydrogen (secondary N) is 2. The van der Waals surface area contributed by atoms with E-state index < -0.39 is 155 Å². The van der Waals surface area contributed by atoms with Crippen LogP contribution in [0, 0.1) is 0 Å². The Labute approximate surface area is 762 Å². The zero-order valence-electron chi connectivity index (χ0n) is 81.0. The van der Waals surface area contributed by atoms with Crippen molar-refractivity contribution >= 4 is 37.3 Å². The first-order valence-corrected chi connectivity index (χ1v) is 54.4. The highest BCUT2D eigenvalue weighted by Gasteiger charge is 2.53. The van der Waals surface area contributed by atoms with Gasteiger partial charge < -0.3 is 74.2 Å². The van der Waals surface area contributed by atoms with Crippen LogP contribution in [0.5, 0.6) is 0 Å². The van der Waals surface area contributed by atoms with E-state index in [1.165, 1.54) is 205 Å². The lowest BCUT2D eigenvalue weighted by Crippen LogP contribution is -2.67. The van der Waals surface area contributed by atoms with Gasteiger partial charge in [0.1, 0.15) is 48.7 Å². The summed E-state index contributed by atoms with van der Waals surface area (Å²) in [5, 5.41) is 64.4. The Morgan fingerprint density at radius 1 is 0.360 bits per heavy atom. The third-order valence-electron chi connectivity index (χ3n) is 25.3. The zero-order chi connectivity index (χ0) is 91.4. The fraction of sp³-hybridized carbons (Fsp3) is 0.931. The molecule has 2 fully saturated rings. The van der Waals surface area contributed by atoms with E-state index in [-0.39, 0.29) is 19.3 Å². The molecule has 0 bridgehead atoms. The van der Waals surface area contributed by atoms with Crippen molar-refractivity contribution in [1.29, 1.82) is 0 Å². The molecule has 0 saturated carbocycles. The van der Waals surface area contributed by atoms with Crippen LogP contribution < -0.4 is 10.6 Å². The SMILES string of the molecule is C=C(CCCCCCCCCCCCCCC)OC(CCCCCCCCCCC)CC(=O)NC1C(OP(C)(=O)O)OC(CO[C@@H]2OC(CO)[C@@H](O)[C@H](OC(=O)CC(CCCCCCCCCCC)OC(=O)CCCCCCCCCCCCCCC)C2NC(=O)CC(O)CCCCCCCCCCC)[C@@H](O)[C@@H]1OC(=O)CC(O)CCCCCCCCCCC. The second-order valence-electron chi connectivity index (χ2n) is 37.6. The smallest absolute Gasteiger partial charge is 0.327 e. The predicted octanol–water partition coefficient (Wildman–Crippen LogP) is 24.5. The highest BCUT2D eigenvalue weighted by Crippen LogP contribution is 2.42. The summed E-state index contributed by atoms with van der Waals surface area (Å²) in [4.78, 5) is 83.2. The molecule has 736 valence electrons. The van der Waals surface area contributed by atoms with E-state index in [0.29, 0.717) is 57.1 Å². The summed E-state index contributed by atoms with van der Waals surface area (Å²) in [6, 6.07) is -3.28. The van der Waals surface area contributed by atoms with Crippen LogP contribution in [-0.2, 0) is 66.2 Å². The molecule has 22 nitrogen and oxygen atoms in total. The molecule has 0 aliphatic carbocycles. The van der Waals surface area contributed by atoms with Gasteiger partial charge >= 0.3 is 25.5 Å². The maximum absolute atomic E-state index is 14.9. The number of aliphatic hydroxyl groups excluding tert-OH is 5. The van der Waals surface area contributed by atoms with Crippen molar-refractivity contribution in [3.8, 4) is 0 Å². The fourth-order valence-corrected chi connectivity index (χ4v) is 18.1. The molecule has 2 heterocycles. The van der Waals surface area contributed by atoms with Crippen LogP contribution in [0.3, 0.4) is 0 Å². The molecule has 0 aromatic carbocycles. The average Bonchev–Trinajstić information content (AvgIpc) is 0.782. The number of aliphatic hydroxyl groups is 5. The lowest BCUT2D eigenvalue weighted by Gasteiger charge is -2.46. The molecule has 125 heavy (non-hydrogen) atoms. The highest BCUT2D eigenvalue weighted by molar-refractivity contribution is 7.51. The molecular weight excluding hydrogens is 1600 g/mol. The summed E-state index contributed by atoms with van der Waals surface area (Å²) in [7, 11) is -4.61.